The fraction of sp³-hybridized carbons (Fsp3) is 0.400. The molecule has 1 aliphatic heterocycles. The van der Waals surface area contributed by atoms with Gasteiger partial charge in [-0.3, -0.25) is 0 Å². The summed E-state index contributed by atoms with van der Waals surface area (Å²) in [7, 11) is -4.15. The van der Waals surface area contributed by atoms with Crippen molar-refractivity contribution in [3.63, 3.8) is 0 Å². The predicted molar refractivity (Wildman–Crippen MR) is 54.5 cm³/mol. The zero-order chi connectivity index (χ0) is 16.3. The van der Waals surface area contributed by atoms with Gasteiger partial charge >= 0.3 is 0 Å². The van der Waals surface area contributed by atoms with Gasteiger partial charge in [-0.15, -0.1) is 0 Å². The lowest BCUT2D eigenvalue weighted by Gasteiger charge is -2.04. The van der Waals surface area contributed by atoms with Gasteiger partial charge < -0.3 is 0 Å². The Morgan fingerprint density at radius 2 is 2.07 bits per heavy atom. The smallest absolute Gasteiger partial charge is 0.207 e. The second kappa shape index (κ2) is 3.07. The first-order valence-corrected chi connectivity index (χ1v) is 5.47. The van der Waals surface area contributed by atoms with Crippen molar-refractivity contribution in [3.8, 4) is 0 Å². The maximum Gasteiger partial charge on any atom is 0.243 e. The fourth-order valence-corrected chi connectivity index (χ4v) is 2.58. The van der Waals surface area contributed by atoms with E-state index in [1.54, 1.807) is 6.92 Å². The molecule has 76 valence electrons. The van der Waals surface area contributed by atoms with Gasteiger partial charge in [-0.1, -0.05) is 17.6 Å². The molecule has 0 spiro atoms. The zero-order valence-electron chi connectivity index (χ0n) is 14.5. The van der Waals surface area contributed by atoms with Crippen LogP contribution in [0.2, 0.25) is 0 Å². The van der Waals surface area contributed by atoms with E-state index in [0.717, 1.165) is 4.31 Å². The Morgan fingerprint density at radius 3 is 2.50 bits per heavy atom. The molecule has 2 rings (SSSR count). The lowest BCUT2D eigenvalue weighted by molar-refractivity contribution is 0.555. The summed E-state index contributed by atoms with van der Waals surface area (Å²) in [6.07, 6.45) is 0. The van der Waals surface area contributed by atoms with Crippen LogP contribution < -0.4 is 0 Å². The molecular weight excluding hydrogens is 198 g/mol. The van der Waals surface area contributed by atoms with E-state index in [-0.39, 0.29) is 12.6 Å². The molecule has 1 aromatic carbocycles. The van der Waals surface area contributed by atoms with Crippen molar-refractivity contribution in [2.24, 2.45) is 0 Å². The SMILES string of the molecule is [2H]c1c([2H])c(S(=O)(=O)N2C[C@H]2C)c([2H])c([2H])c1C([2H])([2H])[2H]. The molecule has 0 bridgehead atoms. The number of rotatable bonds is 2. The van der Waals surface area contributed by atoms with Gasteiger partial charge in [0.05, 0.1) is 10.4 Å². The second-order valence-corrected chi connectivity index (χ2v) is 4.96. The first-order chi connectivity index (χ1) is 9.40. The van der Waals surface area contributed by atoms with E-state index >= 15 is 0 Å². The monoisotopic (exact) mass is 218 g/mol. The Balaban J connectivity index is 2.78. The van der Waals surface area contributed by atoms with Crippen LogP contribution in [0.4, 0.5) is 0 Å². The van der Waals surface area contributed by atoms with E-state index in [9.17, 15) is 8.42 Å². The summed E-state index contributed by atoms with van der Waals surface area (Å²) in [5.41, 5.74) is -0.768. The number of hydrogen-bond acceptors (Lipinski definition) is 2. The first-order valence-electron chi connectivity index (χ1n) is 7.53. The lowest BCUT2D eigenvalue weighted by Crippen LogP contribution is -2.13. The average molecular weight is 218 g/mol. The molecule has 1 fully saturated rings. The molecule has 0 amide bonds. The van der Waals surface area contributed by atoms with Crippen molar-refractivity contribution in [1.29, 1.82) is 0 Å². The van der Waals surface area contributed by atoms with Gasteiger partial charge in [0.25, 0.3) is 0 Å². The summed E-state index contributed by atoms with van der Waals surface area (Å²) in [6, 6.07) is -3.64. The number of hydrogen-bond donors (Lipinski definition) is 0. The minimum atomic E-state index is -4.15. The second-order valence-electron chi connectivity index (χ2n) is 3.13. The van der Waals surface area contributed by atoms with Crippen LogP contribution in [0.15, 0.2) is 29.1 Å². The minimum absolute atomic E-state index is 0.239. The highest BCUT2D eigenvalue weighted by Crippen LogP contribution is 2.27. The Bertz CT molecular complexity index is 684. The van der Waals surface area contributed by atoms with Crippen molar-refractivity contribution >= 4 is 10.0 Å². The molecule has 3 nitrogen and oxygen atoms in total. The summed E-state index contributed by atoms with van der Waals surface area (Å²) in [4.78, 5) is -0.769. The highest BCUT2D eigenvalue weighted by molar-refractivity contribution is 7.89. The summed E-state index contributed by atoms with van der Waals surface area (Å²) in [5, 5.41) is 0. The maximum absolute atomic E-state index is 12.3. The third-order valence-electron chi connectivity index (χ3n) is 1.97. The highest BCUT2D eigenvalue weighted by Gasteiger charge is 2.40. The minimum Gasteiger partial charge on any atom is -0.207 e. The van der Waals surface area contributed by atoms with Crippen molar-refractivity contribution < 1.29 is 18.0 Å². The standard InChI is InChI=1S/C10H13NO2S/c1-8-3-5-10(6-4-8)14(12,13)11-7-9(11)2/h3-6,9H,7H2,1-2H3/t9-,11?/m1/s1/i1D3,3D,4D,5D,6D. The number of nitrogens with zero attached hydrogens (tertiary/aromatic N) is 1. The van der Waals surface area contributed by atoms with Gasteiger partial charge in [-0.25, -0.2) is 8.42 Å². The number of benzene rings is 1. The van der Waals surface area contributed by atoms with Crippen LogP contribution in [0.1, 0.15) is 22.1 Å². The van der Waals surface area contributed by atoms with Gasteiger partial charge in [0.2, 0.25) is 10.0 Å². The molecule has 1 aromatic rings. The molecule has 0 saturated carbocycles. The van der Waals surface area contributed by atoms with Crippen LogP contribution in [0.5, 0.6) is 0 Å². The Hall–Kier alpha value is -0.870. The molecule has 0 aliphatic carbocycles. The third-order valence-corrected chi connectivity index (χ3v) is 3.82. The van der Waals surface area contributed by atoms with Crippen LogP contribution in [0.25, 0.3) is 0 Å². The van der Waals surface area contributed by atoms with Crippen LogP contribution in [-0.4, -0.2) is 25.3 Å². The van der Waals surface area contributed by atoms with Crippen LogP contribution in [-0.2, 0) is 10.0 Å². The van der Waals surface area contributed by atoms with Gasteiger partial charge in [0.1, 0.15) is 0 Å². The molecule has 14 heavy (non-hydrogen) atoms. The van der Waals surface area contributed by atoms with E-state index in [1.807, 2.05) is 0 Å². The molecule has 0 radical (unpaired) electrons. The highest BCUT2D eigenvalue weighted by atomic mass is 32.2. The normalized spacial score (nSPS) is 34.2. The van der Waals surface area contributed by atoms with Gasteiger partial charge in [-0.2, -0.15) is 4.31 Å². The molecule has 0 N–H and O–H groups in total. The summed E-state index contributed by atoms with van der Waals surface area (Å²) in [5.74, 6) is 0. The van der Waals surface area contributed by atoms with Crippen molar-refractivity contribution in [2.45, 2.75) is 24.7 Å². The van der Waals surface area contributed by atoms with E-state index in [0.29, 0.717) is 0 Å². The van der Waals surface area contributed by atoms with E-state index < -0.39 is 51.5 Å². The van der Waals surface area contributed by atoms with E-state index in [4.69, 9.17) is 9.60 Å². The molecule has 1 unspecified atom stereocenters. The lowest BCUT2D eigenvalue weighted by atomic mass is 10.2. The van der Waals surface area contributed by atoms with E-state index in [2.05, 4.69) is 0 Å². The number of sulfonamides is 1. The van der Waals surface area contributed by atoms with Gasteiger partial charge in [0, 0.05) is 16.7 Å². The van der Waals surface area contributed by atoms with Crippen LogP contribution in [0.3, 0.4) is 0 Å². The summed E-state index contributed by atoms with van der Waals surface area (Å²) >= 11 is 0. The summed E-state index contributed by atoms with van der Waals surface area (Å²) in [6.45, 7) is -0.969. The largest absolute Gasteiger partial charge is 0.243 e. The van der Waals surface area contributed by atoms with Crippen molar-refractivity contribution in [2.75, 3.05) is 6.54 Å². The Morgan fingerprint density at radius 1 is 1.50 bits per heavy atom. The first kappa shape index (κ1) is 4.33. The van der Waals surface area contributed by atoms with E-state index in [1.165, 1.54) is 0 Å². The molecule has 1 heterocycles. The Kier molecular flexibility index (Phi) is 0.948. The molecule has 2 atom stereocenters. The fourth-order valence-electron chi connectivity index (χ4n) is 1.10. The molecule has 1 saturated heterocycles. The Labute approximate surface area is 94.2 Å². The molecule has 1 aliphatic rings. The molecule has 0 aromatic heterocycles. The van der Waals surface area contributed by atoms with Crippen molar-refractivity contribution in [1.82, 2.24) is 4.31 Å². The van der Waals surface area contributed by atoms with Crippen molar-refractivity contribution in [3.05, 3.63) is 29.7 Å². The summed E-state index contributed by atoms with van der Waals surface area (Å²) < 4.78 is 78.3. The topological polar surface area (TPSA) is 37.1 Å². The molecule has 4 heteroatoms. The van der Waals surface area contributed by atoms with Gasteiger partial charge in [-0.05, 0) is 25.9 Å². The van der Waals surface area contributed by atoms with Gasteiger partial charge in [0.15, 0.2) is 0 Å². The quantitative estimate of drug-likeness (QED) is 0.703. The zero-order valence-corrected chi connectivity index (χ0v) is 8.27. The van der Waals surface area contributed by atoms with Crippen LogP contribution >= 0.6 is 0 Å². The maximum atomic E-state index is 12.3. The predicted octanol–water partition coefficient (Wildman–Crippen LogP) is 1.39. The van der Waals surface area contributed by atoms with Crippen LogP contribution in [0, 0.1) is 6.85 Å². The average Bonchev–Trinajstić information content (AvgIpc) is 3.03. The molecular formula is C10H13NO2S. The third kappa shape index (κ3) is 1.55.